The summed E-state index contributed by atoms with van der Waals surface area (Å²) < 4.78 is 23.9. The smallest absolute Gasteiger partial charge is 0.231 e. The zero-order chi connectivity index (χ0) is 11.8. The molecule has 1 saturated heterocycles. The Balaban J connectivity index is 1.96. The summed E-state index contributed by atoms with van der Waals surface area (Å²) in [5.74, 6) is -0.101. The lowest BCUT2D eigenvalue weighted by atomic mass is 10.0. The minimum atomic E-state index is -0.651. The third-order valence-corrected chi connectivity index (χ3v) is 3.30. The number of hydrogen-bond acceptors (Lipinski definition) is 4. The molecule has 2 heterocycles. The van der Waals surface area contributed by atoms with E-state index in [0.717, 1.165) is 19.4 Å². The molecule has 1 fully saturated rings. The number of nitrogens with one attached hydrogen (secondary N) is 1. The number of fused-ring (bicyclic) bond motifs is 1. The summed E-state index contributed by atoms with van der Waals surface area (Å²) in [6.07, 6.45) is 2.71. The molecule has 0 spiro atoms. The molecule has 0 radical (unpaired) electrons. The van der Waals surface area contributed by atoms with Crippen molar-refractivity contribution in [2.45, 2.75) is 25.3 Å². The van der Waals surface area contributed by atoms with Gasteiger partial charge in [-0.05, 0) is 25.8 Å². The summed E-state index contributed by atoms with van der Waals surface area (Å²) in [4.78, 5) is 0. The predicted octanol–water partition coefficient (Wildman–Crippen LogP) is 1.55. The van der Waals surface area contributed by atoms with Crippen molar-refractivity contribution in [3.05, 3.63) is 17.4 Å². The topological polar surface area (TPSA) is 50.7 Å². The quantitative estimate of drug-likeness (QED) is 0.822. The van der Waals surface area contributed by atoms with Gasteiger partial charge in [0.15, 0.2) is 23.1 Å². The fourth-order valence-corrected chi connectivity index (χ4v) is 2.43. The molecule has 1 aromatic rings. The SMILES string of the molecule is Oc1c(F)cc2c(c1CC1CCCN1)OCO2. The zero-order valence-electron chi connectivity index (χ0n) is 9.33. The Morgan fingerprint density at radius 1 is 1.47 bits per heavy atom. The van der Waals surface area contributed by atoms with Crippen LogP contribution in [0.5, 0.6) is 17.2 Å². The van der Waals surface area contributed by atoms with E-state index in [9.17, 15) is 9.50 Å². The Bertz CT molecular complexity index is 444. The van der Waals surface area contributed by atoms with Gasteiger partial charge in [-0.1, -0.05) is 0 Å². The van der Waals surface area contributed by atoms with Gasteiger partial charge in [0, 0.05) is 17.7 Å². The van der Waals surface area contributed by atoms with Crippen LogP contribution in [0.4, 0.5) is 4.39 Å². The second-order valence-corrected chi connectivity index (χ2v) is 4.42. The van der Waals surface area contributed by atoms with Gasteiger partial charge in [0.05, 0.1) is 0 Å². The lowest BCUT2D eigenvalue weighted by molar-refractivity contribution is 0.173. The van der Waals surface area contributed by atoms with Crippen LogP contribution in [0.2, 0.25) is 0 Å². The van der Waals surface area contributed by atoms with Crippen LogP contribution in [-0.2, 0) is 6.42 Å². The van der Waals surface area contributed by atoms with Crippen LogP contribution in [0, 0.1) is 5.82 Å². The molecule has 2 N–H and O–H groups in total. The van der Waals surface area contributed by atoms with Gasteiger partial charge in [-0.15, -0.1) is 0 Å². The molecule has 0 amide bonds. The van der Waals surface area contributed by atoms with Crippen molar-refractivity contribution in [2.75, 3.05) is 13.3 Å². The van der Waals surface area contributed by atoms with Gasteiger partial charge in [0.2, 0.25) is 6.79 Å². The normalized spacial score (nSPS) is 22.1. The van der Waals surface area contributed by atoms with Crippen molar-refractivity contribution in [1.82, 2.24) is 5.32 Å². The van der Waals surface area contributed by atoms with E-state index in [0.29, 0.717) is 23.5 Å². The number of phenolic OH excluding ortho intramolecular Hbond substituents is 1. The highest BCUT2D eigenvalue weighted by Crippen LogP contribution is 2.43. The fraction of sp³-hybridized carbons (Fsp3) is 0.500. The van der Waals surface area contributed by atoms with Gasteiger partial charge in [-0.3, -0.25) is 0 Å². The maximum absolute atomic E-state index is 13.5. The predicted molar refractivity (Wildman–Crippen MR) is 58.9 cm³/mol. The van der Waals surface area contributed by atoms with Crippen LogP contribution >= 0.6 is 0 Å². The number of halogens is 1. The summed E-state index contributed by atoms with van der Waals surface area (Å²) in [5, 5.41) is 13.1. The van der Waals surface area contributed by atoms with E-state index >= 15 is 0 Å². The minimum Gasteiger partial charge on any atom is -0.505 e. The van der Waals surface area contributed by atoms with Crippen LogP contribution in [-0.4, -0.2) is 24.5 Å². The van der Waals surface area contributed by atoms with Crippen molar-refractivity contribution in [3.63, 3.8) is 0 Å². The summed E-state index contributed by atoms with van der Waals surface area (Å²) in [6, 6.07) is 1.44. The molecule has 0 bridgehead atoms. The number of rotatable bonds is 2. The van der Waals surface area contributed by atoms with Crippen LogP contribution in [0.15, 0.2) is 6.07 Å². The number of hydrogen-bond donors (Lipinski definition) is 2. The Morgan fingerprint density at radius 3 is 3.12 bits per heavy atom. The lowest BCUT2D eigenvalue weighted by Crippen LogP contribution is -2.23. The molecule has 17 heavy (non-hydrogen) atoms. The minimum absolute atomic E-state index is 0.0866. The van der Waals surface area contributed by atoms with E-state index in [1.807, 2.05) is 0 Å². The van der Waals surface area contributed by atoms with E-state index in [1.54, 1.807) is 0 Å². The monoisotopic (exact) mass is 239 g/mol. The van der Waals surface area contributed by atoms with Gasteiger partial charge >= 0.3 is 0 Å². The first kappa shape index (κ1) is 10.7. The number of benzene rings is 1. The van der Waals surface area contributed by atoms with E-state index in [1.165, 1.54) is 6.07 Å². The number of aromatic hydroxyl groups is 1. The summed E-state index contributed by atoms with van der Waals surface area (Å²) in [6.45, 7) is 1.06. The fourth-order valence-electron chi connectivity index (χ4n) is 2.43. The summed E-state index contributed by atoms with van der Waals surface area (Å²) in [7, 11) is 0. The van der Waals surface area contributed by atoms with Crippen molar-refractivity contribution in [1.29, 1.82) is 0 Å². The summed E-state index contributed by atoms with van der Waals surface area (Å²) in [5.41, 5.74) is 0.511. The zero-order valence-corrected chi connectivity index (χ0v) is 9.33. The van der Waals surface area contributed by atoms with E-state index in [-0.39, 0.29) is 18.6 Å². The maximum Gasteiger partial charge on any atom is 0.231 e. The summed E-state index contributed by atoms with van der Waals surface area (Å²) >= 11 is 0. The highest BCUT2D eigenvalue weighted by Gasteiger charge is 2.27. The highest BCUT2D eigenvalue weighted by atomic mass is 19.1. The average Bonchev–Trinajstić information content (AvgIpc) is 2.94. The molecule has 0 saturated carbocycles. The molecule has 92 valence electrons. The lowest BCUT2D eigenvalue weighted by Gasteiger charge is -2.13. The van der Waals surface area contributed by atoms with Crippen LogP contribution in [0.1, 0.15) is 18.4 Å². The molecule has 1 atom stereocenters. The average molecular weight is 239 g/mol. The first-order chi connectivity index (χ1) is 8.25. The van der Waals surface area contributed by atoms with E-state index in [2.05, 4.69) is 5.32 Å². The molecule has 0 aliphatic carbocycles. The largest absolute Gasteiger partial charge is 0.505 e. The number of phenols is 1. The molecule has 5 heteroatoms. The molecular formula is C12H14FNO3. The standard InChI is InChI=1S/C12H14FNO3/c13-9-5-10-12(17-6-16-10)8(11(9)15)4-7-2-1-3-14-7/h5,7,14-15H,1-4,6H2. The third kappa shape index (κ3) is 1.80. The second kappa shape index (κ2) is 4.07. The van der Waals surface area contributed by atoms with Crippen LogP contribution in [0.25, 0.3) is 0 Å². The van der Waals surface area contributed by atoms with Gasteiger partial charge in [-0.25, -0.2) is 4.39 Å². The van der Waals surface area contributed by atoms with Gasteiger partial charge in [0.25, 0.3) is 0 Å². The van der Waals surface area contributed by atoms with Crippen molar-refractivity contribution < 1.29 is 19.0 Å². The molecule has 4 nitrogen and oxygen atoms in total. The first-order valence-corrected chi connectivity index (χ1v) is 5.79. The van der Waals surface area contributed by atoms with Gasteiger partial charge in [0.1, 0.15) is 0 Å². The Hall–Kier alpha value is -1.49. The maximum atomic E-state index is 13.5. The van der Waals surface area contributed by atoms with Crippen LogP contribution in [0.3, 0.4) is 0 Å². The molecule has 0 aromatic heterocycles. The Labute approximate surface area is 98.3 Å². The molecule has 2 aliphatic heterocycles. The molecule has 1 unspecified atom stereocenters. The Kier molecular flexibility index (Phi) is 2.55. The first-order valence-electron chi connectivity index (χ1n) is 5.79. The molecular weight excluding hydrogens is 225 g/mol. The van der Waals surface area contributed by atoms with Crippen LogP contribution < -0.4 is 14.8 Å². The molecule has 3 rings (SSSR count). The van der Waals surface area contributed by atoms with Crippen molar-refractivity contribution in [3.8, 4) is 17.2 Å². The second-order valence-electron chi connectivity index (χ2n) is 4.42. The van der Waals surface area contributed by atoms with Gasteiger partial charge < -0.3 is 19.9 Å². The molecule has 1 aromatic carbocycles. The Morgan fingerprint density at radius 2 is 2.35 bits per heavy atom. The van der Waals surface area contributed by atoms with Gasteiger partial charge in [-0.2, -0.15) is 0 Å². The third-order valence-electron chi connectivity index (χ3n) is 3.30. The van der Waals surface area contributed by atoms with Crippen molar-refractivity contribution >= 4 is 0 Å². The molecule has 2 aliphatic rings. The highest BCUT2D eigenvalue weighted by molar-refractivity contribution is 5.55. The van der Waals surface area contributed by atoms with E-state index < -0.39 is 5.82 Å². The number of ether oxygens (including phenoxy) is 2. The van der Waals surface area contributed by atoms with Crippen molar-refractivity contribution in [2.24, 2.45) is 0 Å². The van der Waals surface area contributed by atoms with E-state index in [4.69, 9.17) is 9.47 Å².